The van der Waals surface area contributed by atoms with Crippen LogP contribution in [-0.4, -0.2) is 12.1 Å². The smallest absolute Gasteiger partial charge is 0.294 e. The Balaban J connectivity index is 2.58. The predicted octanol–water partition coefficient (Wildman–Crippen LogP) is 0.160. The fourth-order valence-corrected chi connectivity index (χ4v) is 0.699. The lowest BCUT2D eigenvalue weighted by Gasteiger charge is -2.09. The van der Waals surface area contributed by atoms with E-state index in [9.17, 15) is 4.79 Å². The van der Waals surface area contributed by atoms with Crippen LogP contribution in [0.3, 0.4) is 0 Å². The van der Waals surface area contributed by atoms with Crippen molar-refractivity contribution in [3.8, 4) is 5.75 Å². The monoisotopic (exact) mass is 165 g/mol. The molecular weight excluding hydrogens is 156 g/mol. The Morgan fingerprint density at radius 2 is 2.00 bits per heavy atom. The molecule has 1 aromatic rings. The molecule has 0 bridgehead atoms. The van der Waals surface area contributed by atoms with Crippen LogP contribution in [0, 0.1) is 0 Å². The summed E-state index contributed by atoms with van der Waals surface area (Å²) in [7, 11) is 0. The van der Waals surface area contributed by atoms with E-state index in [1.165, 1.54) is 0 Å². The van der Waals surface area contributed by atoms with Gasteiger partial charge in [-0.1, -0.05) is 18.2 Å². The van der Waals surface area contributed by atoms with Gasteiger partial charge in [-0.3, -0.25) is 16.3 Å². The number of carbonyl (C=O) groups excluding carboxylic acids is 1. The van der Waals surface area contributed by atoms with Gasteiger partial charge in [-0.15, -0.1) is 0 Å². The van der Waals surface area contributed by atoms with Crippen LogP contribution in [-0.2, 0) is 4.79 Å². The van der Waals surface area contributed by atoms with Crippen LogP contribution in [0.25, 0.3) is 0 Å². The molecule has 0 aromatic heterocycles. The van der Waals surface area contributed by atoms with Crippen LogP contribution < -0.4 is 16.2 Å². The molecule has 4 nitrogen and oxygen atoms in total. The van der Waals surface area contributed by atoms with Gasteiger partial charge in [0.05, 0.1) is 0 Å². The Labute approximate surface area is 70.1 Å². The van der Waals surface area contributed by atoms with Gasteiger partial charge in [0.15, 0.2) is 0 Å². The lowest BCUT2D eigenvalue weighted by molar-refractivity contribution is -0.125. The Bertz CT molecular complexity index is 261. The highest BCUT2D eigenvalue weighted by Gasteiger charge is 2.10. The summed E-state index contributed by atoms with van der Waals surface area (Å²) in [5.41, 5.74) is 11.8. The van der Waals surface area contributed by atoms with E-state index in [0.717, 1.165) is 0 Å². The van der Waals surface area contributed by atoms with Gasteiger partial charge < -0.3 is 4.74 Å². The van der Waals surface area contributed by atoms with E-state index in [1.807, 2.05) is 6.07 Å². The van der Waals surface area contributed by atoms with Gasteiger partial charge in [-0.05, 0) is 12.1 Å². The third-order valence-corrected chi connectivity index (χ3v) is 1.26. The van der Waals surface area contributed by atoms with Gasteiger partial charge in [-0.25, -0.2) is 0 Å². The molecule has 1 amide bonds. The third kappa shape index (κ3) is 2.25. The normalized spacial score (nSPS) is 12.1. The number of carbonyl (C=O) groups is 1. The van der Waals surface area contributed by atoms with Gasteiger partial charge in [0.2, 0.25) is 6.23 Å². The molecule has 1 atom stereocenters. The molecule has 0 aliphatic rings. The van der Waals surface area contributed by atoms with Gasteiger partial charge in [0.25, 0.3) is 5.91 Å². The molecule has 1 rings (SSSR count). The summed E-state index contributed by atoms with van der Waals surface area (Å²) < 4.78 is 4.92. The molecule has 1 unspecified atom stereocenters. The first-order valence-corrected chi connectivity index (χ1v) is 3.43. The molecule has 0 saturated carbocycles. The van der Waals surface area contributed by atoms with Crippen molar-refractivity contribution in [2.45, 2.75) is 6.23 Å². The lowest BCUT2D eigenvalue weighted by Crippen LogP contribution is -2.36. The maximum atomic E-state index is 10.4. The number of amides is 1. The van der Waals surface area contributed by atoms with Gasteiger partial charge in [-0.2, -0.15) is 0 Å². The SMILES string of the molecule is [NH]C(=O)C(N)Oc1ccccc1. The second kappa shape index (κ2) is 3.73. The molecule has 4 heteroatoms. The summed E-state index contributed by atoms with van der Waals surface area (Å²) in [6.07, 6.45) is -1.19. The fourth-order valence-electron chi connectivity index (χ4n) is 0.699. The highest BCUT2D eigenvalue weighted by Crippen LogP contribution is 2.08. The molecule has 0 aliphatic carbocycles. The molecule has 1 radical (unpaired) electrons. The number of hydrogen-bond acceptors (Lipinski definition) is 3. The van der Waals surface area contributed by atoms with Crippen molar-refractivity contribution in [3.63, 3.8) is 0 Å². The summed E-state index contributed by atoms with van der Waals surface area (Å²) in [6, 6.07) is 8.68. The van der Waals surface area contributed by atoms with Crippen LogP contribution in [0.15, 0.2) is 30.3 Å². The summed E-state index contributed by atoms with van der Waals surface area (Å²) in [5, 5.41) is 0. The summed E-state index contributed by atoms with van der Waals surface area (Å²) in [6.45, 7) is 0. The molecule has 0 aliphatic heterocycles. The quantitative estimate of drug-likeness (QED) is 0.648. The van der Waals surface area contributed by atoms with E-state index < -0.39 is 12.1 Å². The van der Waals surface area contributed by atoms with Crippen LogP contribution in [0.1, 0.15) is 0 Å². The minimum Gasteiger partial charge on any atom is -0.466 e. The maximum Gasteiger partial charge on any atom is 0.294 e. The van der Waals surface area contributed by atoms with Crippen molar-refractivity contribution in [2.24, 2.45) is 5.73 Å². The van der Waals surface area contributed by atoms with Crippen molar-refractivity contribution < 1.29 is 9.53 Å². The molecule has 3 N–H and O–H groups in total. The molecular formula is C8H9N2O2. The predicted molar refractivity (Wildman–Crippen MR) is 43.1 cm³/mol. The Hall–Kier alpha value is -1.55. The number of nitrogens with two attached hydrogens (primary N) is 1. The molecule has 0 saturated heterocycles. The molecule has 0 spiro atoms. The van der Waals surface area contributed by atoms with E-state index in [2.05, 4.69) is 0 Å². The van der Waals surface area contributed by atoms with Crippen molar-refractivity contribution in [1.29, 1.82) is 0 Å². The zero-order valence-corrected chi connectivity index (χ0v) is 6.36. The zero-order chi connectivity index (χ0) is 8.97. The second-order valence-corrected chi connectivity index (χ2v) is 2.22. The first-order chi connectivity index (χ1) is 5.70. The van der Waals surface area contributed by atoms with Gasteiger partial charge in [0.1, 0.15) is 5.75 Å². The van der Waals surface area contributed by atoms with Gasteiger partial charge in [0, 0.05) is 0 Å². The van der Waals surface area contributed by atoms with Crippen molar-refractivity contribution in [1.82, 2.24) is 5.73 Å². The molecule has 0 fully saturated rings. The number of rotatable bonds is 3. The first-order valence-electron chi connectivity index (χ1n) is 3.43. The topological polar surface area (TPSA) is 76.1 Å². The Kier molecular flexibility index (Phi) is 2.66. The van der Waals surface area contributed by atoms with Crippen LogP contribution in [0.4, 0.5) is 0 Å². The van der Waals surface area contributed by atoms with Gasteiger partial charge >= 0.3 is 0 Å². The van der Waals surface area contributed by atoms with Crippen molar-refractivity contribution >= 4 is 5.91 Å². The minimum atomic E-state index is -1.19. The maximum absolute atomic E-state index is 10.4. The summed E-state index contributed by atoms with van der Waals surface area (Å²) >= 11 is 0. The number of ether oxygens (including phenoxy) is 1. The van der Waals surface area contributed by atoms with Crippen LogP contribution in [0.5, 0.6) is 5.75 Å². The van der Waals surface area contributed by atoms with E-state index in [0.29, 0.717) is 5.75 Å². The molecule has 1 aromatic carbocycles. The fraction of sp³-hybridized carbons (Fsp3) is 0.125. The average molecular weight is 165 g/mol. The number of hydrogen-bond donors (Lipinski definition) is 1. The third-order valence-electron chi connectivity index (χ3n) is 1.26. The number of benzene rings is 1. The molecule has 0 heterocycles. The molecule has 12 heavy (non-hydrogen) atoms. The van der Waals surface area contributed by atoms with E-state index >= 15 is 0 Å². The highest BCUT2D eigenvalue weighted by molar-refractivity contribution is 5.77. The highest BCUT2D eigenvalue weighted by atomic mass is 16.5. The lowest BCUT2D eigenvalue weighted by atomic mass is 10.3. The number of nitrogens with one attached hydrogen (secondary N) is 1. The second-order valence-electron chi connectivity index (χ2n) is 2.22. The summed E-state index contributed by atoms with van der Waals surface area (Å²) in [4.78, 5) is 10.4. The number of para-hydroxylation sites is 1. The Morgan fingerprint density at radius 1 is 1.42 bits per heavy atom. The standard InChI is InChI=1S/C8H9N2O2/c9-7(11)8(10)12-6-4-2-1-3-5-6/h1-5,8-9H,10H2. The van der Waals surface area contributed by atoms with E-state index in [4.69, 9.17) is 16.2 Å². The summed E-state index contributed by atoms with van der Waals surface area (Å²) in [5.74, 6) is -0.440. The average Bonchev–Trinajstić information content (AvgIpc) is 2.06. The Morgan fingerprint density at radius 3 is 2.50 bits per heavy atom. The zero-order valence-electron chi connectivity index (χ0n) is 6.36. The van der Waals surface area contributed by atoms with Crippen LogP contribution >= 0.6 is 0 Å². The van der Waals surface area contributed by atoms with Crippen molar-refractivity contribution in [2.75, 3.05) is 0 Å². The molecule has 63 valence electrons. The minimum absolute atomic E-state index is 0.491. The van der Waals surface area contributed by atoms with E-state index in [-0.39, 0.29) is 0 Å². The largest absolute Gasteiger partial charge is 0.466 e. The first kappa shape index (κ1) is 8.55. The van der Waals surface area contributed by atoms with Crippen LogP contribution in [0.2, 0.25) is 0 Å². The van der Waals surface area contributed by atoms with Crippen molar-refractivity contribution in [3.05, 3.63) is 30.3 Å². The van der Waals surface area contributed by atoms with E-state index in [1.54, 1.807) is 24.3 Å².